The summed E-state index contributed by atoms with van der Waals surface area (Å²) in [5, 5.41) is 0.451. The van der Waals surface area contributed by atoms with E-state index < -0.39 is 0 Å². The third-order valence-corrected chi connectivity index (χ3v) is 4.15. The van der Waals surface area contributed by atoms with Crippen LogP contribution in [0.5, 0.6) is 0 Å². The second kappa shape index (κ2) is 8.06. The minimum atomic E-state index is -0.335. The van der Waals surface area contributed by atoms with Gasteiger partial charge in [-0.3, -0.25) is 9.36 Å². The maximum Gasteiger partial charge on any atom is 0.265 e. The van der Waals surface area contributed by atoms with Crippen molar-refractivity contribution in [2.24, 2.45) is 0 Å². The Labute approximate surface area is 148 Å². The molecular weight excluding hydrogens is 315 g/mol. The van der Waals surface area contributed by atoms with Gasteiger partial charge in [-0.25, -0.2) is 9.37 Å². The predicted octanol–water partition coefficient (Wildman–Crippen LogP) is 4.98. The summed E-state index contributed by atoms with van der Waals surface area (Å²) in [7, 11) is 0. The summed E-state index contributed by atoms with van der Waals surface area (Å²) in [6.07, 6.45) is 1.42. The number of halogens is 1. The van der Waals surface area contributed by atoms with E-state index in [1.54, 1.807) is 17.6 Å². The molecular formula is C21H25FN2O. The Bertz CT molecular complexity index is 945. The molecule has 0 bridgehead atoms. The highest BCUT2D eigenvalue weighted by molar-refractivity contribution is 5.79. The van der Waals surface area contributed by atoms with E-state index in [1.807, 2.05) is 45.0 Å². The van der Waals surface area contributed by atoms with Crippen LogP contribution in [0.1, 0.15) is 44.6 Å². The van der Waals surface area contributed by atoms with Crippen LogP contribution in [-0.4, -0.2) is 9.55 Å². The van der Waals surface area contributed by atoms with Crippen molar-refractivity contribution in [2.75, 3.05) is 0 Å². The minimum absolute atomic E-state index is 0.143. The second-order valence-corrected chi connectivity index (χ2v) is 5.62. The van der Waals surface area contributed by atoms with Crippen LogP contribution in [0, 0.1) is 12.7 Å². The Kier molecular flexibility index (Phi) is 6.07. The molecule has 0 spiro atoms. The van der Waals surface area contributed by atoms with E-state index in [-0.39, 0.29) is 11.4 Å². The van der Waals surface area contributed by atoms with Gasteiger partial charge >= 0.3 is 0 Å². The van der Waals surface area contributed by atoms with Gasteiger partial charge in [-0.1, -0.05) is 45.9 Å². The molecule has 4 heteroatoms. The molecule has 0 aliphatic heterocycles. The Morgan fingerprint density at radius 1 is 1.08 bits per heavy atom. The number of fused-ring (bicyclic) bond motifs is 1. The fraction of sp³-hybridized carbons (Fsp3) is 0.333. The van der Waals surface area contributed by atoms with Gasteiger partial charge in [0.05, 0.1) is 16.6 Å². The molecule has 3 rings (SSSR count). The molecule has 25 heavy (non-hydrogen) atoms. The lowest BCUT2D eigenvalue weighted by Crippen LogP contribution is -2.24. The number of hydrogen-bond donors (Lipinski definition) is 0. The molecule has 0 saturated carbocycles. The fourth-order valence-corrected chi connectivity index (χ4v) is 2.88. The monoisotopic (exact) mass is 340 g/mol. The number of hydrogen-bond acceptors (Lipinski definition) is 2. The van der Waals surface area contributed by atoms with Crippen LogP contribution in [-0.2, 0) is 12.8 Å². The lowest BCUT2D eigenvalue weighted by atomic mass is 10.1. The van der Waals surface area contributed by atoms with E-state index in [9.17, 15) is 9.18 Å². The summed E-state index contributed by atoms with van der Waals surface area (Å²) in [4.78, 5) is 17.6. The summed E-state index contributed by atoms with van der Waals surface area (Å²) in [5.41, 5.74) is 2.67. The van der Waals surface area contributed by atoms with Gasteiger partial charge in [-0.05, 0) is 36.6 Å². The van der Waals surface area contributed by atoms with Gasteiger partial charge in [0.25, 0.3) is 5.56 Å². The number of aryl methyl sites for hydroxylation is 3. The van der Waals surface area contributed by atoms with Gasteiger partial charge in [0.1, 0.15) is 11.6 Å². The number of rotatable bonds is 3. The molecule has 3 nitrogen and oxygen atoms in total. The first kappa shape index (κ1) is 18.8. The van der Waals surface area contributed by atoms with Gasteiger partial charge in [0.2, 0.25) is 0 Å². The Balaban J connectivity index is 0.00000109. The normalized spacial score (nSPS) is 10.5. The van der Waals surface area contributed by atoms with Crippen LogP contribution in [0.25, 0.3) is 16.6 Å². The first-order valence-electron chi connectivity index (χ1n) is 8.86. The molecule has 3 aromatic rings. The minimum Gasteiger partial charge on any atom is -0.268 e. The molecule has 0 fully saturated rings. The molecule has 0 radical (unpaired) electrons. The third kappa shape index (κ3) is 3.48. The van der Waals surface area contributed by atoms with Crippen LogP contribution in [0.2, 0.25) is 0 Å². The summed E-state index contributed by atoms with van der Waals surface area (Å²) in [5.74, 6) is 0.310. The molecule has 0 amide bonds. The predicted molar refractivity (Wildman–Crippen MR) is 102 cm³/mol. The van der Waals surface area contributed by atoms with E-state index in [4.69, 9.17) is 0 Å². The molecule has 132 valence electrons. The zero-order valence-corrected chi connectivity index (χ0v) is 15.6. The van der Waals surface area contributed by atoms with Crippen LogP contribution < -0.4 is 5.56 Å². The van der Waals surface area contributed by atoms with Crippen LogP contribution in [0.3, 0.4) is 0 Å². The molecule has 1 aromatic heterocycles. The SMILES string of the molecule is CC.CCc1ccccc1-n1c(CC)nc2cc(F)c(C)cc2c1=O. The van der Waals surface area contributed by atoms with Crippen molar-refractivity contribution in [1.29, 1.82) is 0 Å². The molecule has 2 aromatic carbocycles. The van der Waals surface area contributed by atoms with Crippen molar-refractivity contribution in [1.82, 2.24) is 9.55 Å². The summed E-state index contributed by atoms with van der Waals surface area (Å²) in [6.45, 7) is 9.67. The van der Waals surface area contributed by atoms with Crippen LogP contribution in [0.4, 0.5) is 4.39 Å². The van der Waals surface area contributed by atoms with Crippen molar-refractivity contribution in [3.05, 3.63) is 69.5 Å². The topological polar surface area (TPSA) is 34.9 Å². The van der Waals surface area contributed by atoms with Crippen LogP contribution in [0.15, 0.2) is 41.2 Å². The maximum atomic E-state index is 13.8. The summed E-state index contributed by atoms with van der Waals surface area (Å²) < 4.78 is 15.5. The van der Waals surface area contributed by atoms with Crippen molar-refractivity contribution < 1.29 is 4.39 Å². The average molecular weight is 340 g/mol. The van der Waals surface area contributed by atoms with Crippen molar-refractivity contribution >= 4 is 10.9 Å². The van der Waals surface area contributed by atoms with Gasteiger partial charge in [-0.2, -0.15) is 0 Å². The van der Waals surface area contributed by atoms with Gasteiger partial charge < -0.3 is 0 Å². The number of aromatic nitrogens is 2. The van der Waals surface area contributed by atoms with Crippen molar-refractivity contribution in [3.8, 4) is 5.69 Å². The van der Waals surface area contributed by atoms with Gasteiger partial charge in [0, 0.05) is 12.5 Å². The quantitative estimate of drug-likeness (QED) is 0.673. The summed E-state index contributed by atoms with van der Waals surface area (Å²) in [6, 6.07) is 10.8. The largest absolute Gasteiger partial charge is 0.268 e. The highest BCUT2D eigenvalue weighted by atomic mass is 19.1. The smallest absolute Gasteiger partial charge is 0.265 e. The lowest BCUT2D eigenvalue weighted by molar-refractivity contribution is 0.620. The zero-order chi connectivity index (χ0) is 18.6. The first-order valence-corrected chi connectivity index (χ1v) is 8.86. The standard InChI is InChI=1S/C19H19FN2O.C2H6/c1-4-13-8-6-7-9-17(13)22-18(5-2)21-16-11-15(20)12(3)10-14(16)19(22)23;1-2/h6-11H,4-5H2,1-3H3;1-2H3. The van der Waals surface area contributed by atoms with Crippen molar-refractivity contribution in [3.63, 3.8) is 0 Å². The van der Waals surface area contributed by atoms with Crippen molar-refractivity contribution in [2.45, 2.75) is 47.5 Å². The number of benzene rings is 2. The maximum absolute atomic E-state index is 13.8. The molecule has 0 N–H and O–H groups in total. The second-order valence-electron chi connectivity index (χ2n) is 5.62. The lowest BCUT2D eigenvalue weighted by Gasteiger charge is -2.15. The molecule has 0 aliphatic rings. The van der Waals surface area contributed by atoms with E-state index in [1.165, 1.54) is 6.07 Å². The van der Waals surface area contributed by atoms with Gasteiger partial charge in [-0.15, -0.1) is 0 Å². The number of nitrogens with zero attached hydrogens (tertiary/aromatic N) is 2. The fourth-order valence-electron chi connectivity index (χ4n) is 2.88. The Morgan fingerprint density at radius 3 is 2.40 bits per heavy atom. The first-order chi connectivity index (χ1) is 12.1. The summed E-state index contributed by atoms with van der Waals surface area (Å²) >= 11 is 0. The highest BCUT2D eigenvalue weighted by Crippen LogP contribution is 2.19. The zero-order valence-electron chi connectivity index (χ0n) is 15.6. The third-order valence-electron chi connectivity index (χ3n) is 4.15. The van der Waals surface area contributed by atoms with Gasteiger partial charge in [0.15, 0.2) is 0 Å². The average Bonchev–Trinajstić information content (AvgIpc) is 2.65. The molecule has 1 heterocycles. The molecule has 0 atom stereocenters. The molecule has 0 aliphatic carbocycles. The van der Waals surface area contributed by atoms with Crippen LogP contribution >= 0.6 is 0 Å². The molecule has 0 unspecified atom stereocenters. The van der Waals surface area contributed by atoms with E-state index in [2.05, 4.69) is 11.9 Å². The van der Waals surface area contributed by atoms with E-state index >= 15 is 0 Å². The van der Waals surface area contributed by atoms with E-state index in [0.29, 0.717) is 28.7 Å². The Morgan fingerprint density at radius 2 is 1.76 bits per heavy atom. The Hall–Kier alpha value is -2.49. The molecule has 0 saturated heterocycles. The highest BCUT2D eigenvalue weighted by Gasteiger charge is 2.15. The number of para-hydroxylation sites is 1. The van der Waals surface area contributed by atoms with E-state index in [0.717, 1.165) is 17.7 Å².